The summed E-state index contributed by atoms with van der Waals surface area (Å²) in [6.45, 7) is 4.91. The van der Waals surface area contributed by atoms with E-state index in [1.807, 2.05) is 9.80 Å². The summed E-state index contributed by atoms with van der Waals surface area (Å²) in [7, 11) is 0. The van der Waals surface area contributed by atoms with E-state index in [9.17, 15) is 9.59 Å². The molecule has 2 N–H and O–H groups in total. The molecule has 6 nitrogen and oxygen atoms in total. The number of carbonyl (C=O) groups is 2. The van der Waals surface area contributed by atoms with Crippen LogP contribution in [0.4, 0.5) is 4.79 Å². The van der Waals surface area contributed by atoms with E-state index < -0.39 is 0 Å². The van der Waals surface area contributed by atoms with Crippen LogP contribution in [0.15, 0.2) is 0 Å². The number of nitrogens with zero attached hydrogens (tertiary/aromatic N) is 2. The number of piperazine rings is 1. The summed E-state index contributed by atoms with van der Waals surface area (Å²) >= 11 is 0. The second kappa shape index (κ2) is 5.99. The van der Waals surface area contributed by atoms with Crippen LogP contribution in [0.2, 0.25) is 0 Å². The lowest BCUT2D eigenvalue weighted by atomic mass is 9.94. The summed E-state index contributed by atoms with van der Waals surface area (Å²) < 4.78 is 0. The molecule has 3 fully saturated rings. The quantitative estimate of drug-likeness (QED) is 0.765. The van der Waals surface area contributed by atoms with E-state index >= 15 is 0 Å². The fourth-order valence-corrected chi connectivity index (χ4v) is 3.49. The number of nitrogens with one attached hydrogen (secondary N) is 2. The molecule has 6 heteroatoms. The average molecular weight is 280 g/mol. The Morgan fingerprint density at radius 1 is 1.30 bits per heavy atom. The van der Waals surface area contributed by atoms with Gasteiger partial charge in [-0.3, -0.25) is 4.79 Å². The van der Waals surface area contributed by atoms with E-state index in [1.165, 1.54) is 12.8 Å². The molecular weight excluding hydrogens is 256 g/mol. The van der Waals surface area contributed by atoms with Crippen LogP contribution in [-0.4, -0.2) is 67.0 Å². The Bertz CT molecular complexity index is 381. The molecule has 0 aromatic heterocycles. The van der Waals surface area contributed by atoms with Crippen LogP contribution in [-0.2, 0) is 4.79 Å². The highest BCUT2D eigenvalue weighted by Gasteiger charge is 2.36. The van der Waals surface area contributed by atoms with E-state index in [2.05, 4.69) is 10.6 Å². The fourth-order valence-electron chi connectivity index (χ4n) is 3.49. The van der Waals surface area contributed by atoms with Crippen molar-refractivity contribution in [3.8, 4) is 0 Å². The first-order valence-electron chi connectivity index (χ1n) is 7.77. The van der Waals surface area contributed by atoms with Gasteiger partial charge >= 0.3 is 6.03 Å². The van der Waals surface area contributed by atoms with Gasteiger partial charge in [0.2, 0.25) is 5.91 Å². The normalized spacial score (nSPS) is 30.1. The van der Waals surface area contributed by atoms with Gasteiger partial charge in [0, 0.05) is 32.6 Å². The molecule has 0 radical (unpaired) electrons. The van der Waals surface area contributed by atoms with Crippen molar-refractivity contribution in [3.63, 3.8) is 0 Å². The zero-order valence-electron chi connectivity index (χ0n) is 11.9. The molecule has 0 bridgehead atoms. The molecule has 0 aromatic carbocycles. The van der Waals surface area contributed by atoms with Gasteiger partial charge < -0.3 is 20.4 Å². The monoisotopic (exact) mass is 280 g/mol. The summed E-state index contributed by atoms with van der Waals surface area (Å²) in [5.74, 6) is 0.915. The summed E-state index contributed by atoms with van der Waals surface area (Å²) in [6.07, 6.45) is 4.12. The Hall–Kier alpha value is -1.30. The second-order valence-corrected chi connectivity index (χ2v) is 6.12. The lowest BCUT2D eigenvalue weighted by Crippen LogP contribution is -2.53. The van der Waals surface area contributed by atoms with Crippen molar-refractivity contribution in [2.45, 2.75) is 31.7 Å². The van der Waals surface area contributed by atoms with Crippen molar-refractivity contribution in [3.05, 3.63) is 0 Å². The van der Waals surface area contributed by atoms with Crippen LogP contribution < -0.4 is 10.6 Å². The first kappa shape index (κ1) is 13.7. The van der Waals surface area contributed by atoms with Gasteiger partial charge in [-0.15, -0.1) is 0 Å². The van der Waals surface area contributed by atoms with Gasteiger partial charge in [0.1, 0.15) is 0 Å². The molecule has 3 amide bonds. The van der Waals surface area contributed by atoms with Gasteiger partial charge in [0.05, 0.1) is 6.04 Å². The maximum absolute atomic E-state index is 12.3. The Balaban J connectivity index is 1.44. The Kier molecular flexibility index (Phi) is 4.10. The van der Waals surface area contributed by atoms with Gasteiger partial charge in [0.25, 0.3) is 0 Å². The van der Waals surface area contributed by atoms with Crippen molar-refractivity contribution in [2.75, 3.05) is 39.3 Å². The highest BCUT2D eigenvalue weighted by Crippen LogP contribution is 2.19. The molecule has 3 heterocycles. The summed E-state index contributed by atoms with van der Waals surface area (Å²) in [5.41, 5.74) is 0. The minimum atomic E-state index is 0.0235. The number of fused-ring (bicyclic) bond motifs is 1. The number of hydrogen-bond donors (Lipinski definition) is 2. The minimum absolute atomic E-state index is 0.0235. The summed E-state index contributed by atoms with van der Waals surface area (Å²) in [5, 5.41) is 6.24. The zero-order valence-corrected chi connectivity index (χ0v) is 11.9. The predicted octanol–water partition coefficient (Wildman–Crippen LogP) is 0.00220. The molecule has 2 atom stereocenters. The molecule has 0 aliphatic carbocycles. The molecule has 3 aliphatic rings. The molecule has 0 saturated carbocycles. The number of hydrogen-bond acceptors (Lipinski definition) is 3. The lowest BCUT2D eigenvalue weighted by molar-refractivity contribution is -0.133. The van der Waals surface area contributed by atoms with Crippen molar-refractivity contribution in [1.29, 1.82) is 0 Å². The number of piperidine rings is 1. The van der Waals surface area contributed by atoms with Crippen molar-refractivity contribution < 1.29 is 9.59 Å². The molecule has 0 spiro atoms. The van der Waals surface area contributed by atoms with Crippen molar-refractivity contribution >= 4 is 11.9 Å². The van der Waals surface area contributed by atoms with Crippen LogP contribution in [0.1, 0.15) is 25.7 Å². The van der Waals surface area contributed by atoms with Gasteiger partial charge in [-0.05, 0) is 38.3 Å². The molecule has 2 unspecified atom stereocenters. The van der Waals surface area contributed by atoms with Crippen LogP contribution in [0.25, 0.3) is 0 Å². The van der Waals surface area contributed by atoms with E-state index in [-0.39, 0.29) is 18.0 Å². The third kappa shape index (κ3) is 2.90. The van der Waals surface area contributed by atoms with Crippen LogP contribution in [0.5, 0.6) is 0 Å². The van der Waals surface area contributed by atoms with E-state index in [4.69, 9.17) is 0 Å². The smallest absolute Gasteiger partial charge is 0.317 e. The van der Waals surface area contributed by atoms with Crippen molar-refractivity contribution in [2.24, 2.45) is 5.92 Å². The first-order chi connectivity index (χ1) is 9.74. The van der Waals surface area contributed by atoms with Gasteiger partial charge in [-0.2, -0.15) is 0 Å². The highest BCUT2D eigenvalue weighted by atomic mass is 16.2. The Labute approximate surface area is 119 Å². The topological polar surface area (TPSA) is 64.7 Å². The molecule has 3 rings (SSSR count). The molecule has 3 saturated heterocycles. The summed E-state index contributed by atoms with van der Waals surface area (Å²) in [6, 6.07) is 0.201. The molecular formula is C14H24N4O2. The van der Waals surface area contributed by atoms with Gasteiger partial charge in [-0.1, -0.05) is 0 Å². The van der Waals surface area contributed by atoms with E-state index in [0.29, 0.717) is 38.5 Å². The van der Waals surface area contributed by atoms with Crippen LogP contribution >= 0.6 is 0 Å². The maximum atomic E-state index is 12.3. The van der Waals surface area contributed by atoms with Gasteiger partial charge in [0.15, 0.2) is 0 Å². The number of amides is 3. The van der Waals surface area contributed by atoms with E-state index in [0.717, 1.165) is 19.5 Å². The predicted molar refractivity (Wildman–Crippen MR) is 75.3 cm³/mol. The first-order valence-corrected chi connectivity index (χ1v) is 7.77. The van der Waals surface area contributed by atoms with E-state index in [1.54, 1.807) is 0 Å². The lowest BCUT2D eigenvalue weighted by Gasteiger charge is -2.36. The third-order valence-corrected chi connectivity index (χ3v) is 4.75. The summed E-state index contributed by atoms with van der Waals surface area (Å²) in [4.78, 5) is 27.6. The molecule has 0 aromatic rings. The fraction of sp³-hybridized carbons (Fsp3) is 0.857. The number of rotatable bonds is 3. The zero-order chi connectivity index (χ0) is 13.9. The molecule has 20 heavy (non-hydrogen) atoms. The van der Waals surface area contributed by atoms with Crippen LogP contribution in [0, 0.1) is 5.92 Å². The molecule has 3 aliphatic heterocycles. The third-order valence-electron chi connectivity index (χ3n) is 4.75. The standard InChI is InChI=1S/C14H24N4O2/c19-13(4-3-11-2-1-5-15-8-11)17-6-7-18-12(10-17)9-16-14(18)20/h11-12,15H,1-10H2,(H,16,20). The minimum Gasteiger partial charge on any atom is -0.339 e. The largest absolute Gasteiger partial charge is 0.339 e. The Morgan fingerprint density at radius 3 is 3.00 bits per heavy atom. The van der Waals surface area contributed by atoms with Crippen molar-refractivity contribution in [1.82, 2.24) is 20.4 Å². The SMILES string of the molecule is O=C(CCC1CCCNC1)N1CCN2C(=O)NCC2C1. The average Bonchev–Trinajstić information content (AvgIpc) is 2.87. The van der Waals surface area contributed by atoms with Gasteiger partial charge in [-0.25, -0.2) is 4.79 Å². The maximum Gasteiger partial charge on any atom is 0.317 e. The number of urea groups is 1. The Morgan fingerprint density at radius 2 is 2.20 bits per heavy atom. The second-order valence-electron chi connectivity index (χ2n) is 6.12. The highest BCUT2D eigenvalue weighted by molar-refractivity contribution is 5.79. The van der Waals surface area contributed by atoms with Crippen LogP contribution in [0.3, 0.4) is 0 Å². The number of carbonyl (C=O) groups excluding carboxylic acids is 2. The molecule has 112 valence electrons.